The summed E-state index contributed by atoms with van der Waals surface area (Å²) in [6.45, 7) is 7.41. The highest BCUT2D eigenvalue weighted by molar-refractivity contribution is 7.15. The number of carbonyl (C=O) groups is 2. The summed E-state index contributed by atoms with van der Waals surface area (Å²) in [7, 11) is 0. The van der Waals surface area contributed by atoms with Crippen LogP contribution < -0.4 is 10.6 Å². The second-order valence-electron chi connectivity index (χ2n) is 5.77. The van der Waals surface area contributed by atoms with Crippen LogP contribution in [-0.4, -0.2) is 41.0 Å². The molecule has 0 aliphatic carbocycles. The van der Waals surface area contributed by atoms with Gasteiger partial charge < -0.3 is 10.2 Å². The molecule has 2 N–H and O–H groups in total. The summed E-state index contributed by atoms with van der Waals surface area (Å²) in [6, 6.07) is -0.216. The third kappa shape index (κ3) is 4.67. The number of nitrogens with one attached hydrogen (secondary N) is 2. The van der Waals surface area contributed by atoms with E-state index in [1.54, 1.807) is 11.3 Å². The van der Waals surface area contributed by atoms with Crippen molar-refractivity contribution >= 4 is 28.4 Å². The largest absolute Gasteiger partial charge is 0.341 e. The van der Waals surface area contributed by atoms with Crippen LogP contribution in [0.25, 0.3) is 0 Å². The Kier molecular flexibility index (Phi) is 6.38. The van der Waals surface area contributed by atoms with Crippen LogP contribution in [0.4, 0.5) is 9.93 Å². The van der Waals surface area contributed by atoms with Crippen molar-refractivity contribution < 1.29 is 9.59 Å². The summed E-state index contributed by atoms with van der Waals surface area (Å²) < 4.78 is 0. The van der Waals surface area contributed by atoms with Crippen LogP contribution in [0.1, 0.15) is 50.6 Å². The second-order valence-corrected chi connectivity index (χ2v) is 6.85. The zero-order valence-electron chi connectivity index (χ0n) is 14.1. The van der Waals surface area contributed by atoms with E-state index in [0.717, 1.165) is 37.9 Å². The second kappa shape index (κ2) is 8.29. The summed E-state index contributed by atoms with van der Waals surface area (Å²) in [6.07, 6.45) is 4.24. The van der Waals surface area contributed by atoms with E-state index in [1.165, 1.54) is 4.88 Å². The molecule has 1 aromatic rings. The van der Waals surface area contributed by atoms with Gasteiger partial charge in [-0.2, -0.15) is 0 Å². The molecule has 23 heavy (non-hydrogen) atoms. The molecule has 1 aromatic heterocycles. The molecule has 0 saturated carbocycles. The Balaban J connectivity index is 1.87. The summed E-state index contributed by atoms with van der Waals surface area (Å²) >= 11 is 1.55. The smallest absolute Gasteiger partial charge is 0.321 e. The fraction of sp³-hybridized carbons (Fsp3) is 0.688. The molecule has 0 radical (unpaired) electrons. The molecule has 0 spiro atoms. The van der Waals surface area contributed by atoms with E-state index in [1.807, 2.05) is 11.8 Å². The number of hydrogen-bond acceptors (Lipinski definition) is 4. The number of amides is 3. The molecule has 1 aliphatic heterocycles. The first kappa shape index (κ1) is 17.7. The molecule has 1 aliphatic rings. The van der Waals surface area contributed by atoms with Gasteiger partial charge in [-0.3, -0.25) is 10.1 Å². The number of thiazole rings is 1. The Labute approximate surface area is 141 Å². The van der Waals surface area contributed by atoms with Gasteiger partial charge in [0, 0.05) is 30.4 Å². The van der Waals surface area contributed by atoms with Crippen LogP contribution >= 0.6 is 11.3 Å². The van der Waals surface area contributed by atoms with Crippen molar-refractivity contribution in [3.05, 3.63) is 10.6 Å². The fourth-order valence-electron chi connectivity index (χ4n) is 2.79. The van der Waals surface area contributed by atoms with Crippen LogP contribution in [0, 0.1) is 0 Å². The van der Waals surface area contributed by atoms with Crippen LogP contribution in [0.2, 0.25) is 0 Å². The standard InChI is InChI=1S/C16H26N4O2S/c1-4-7-12-13(5-2)23-16(18-12)19-15(22)17-11-8-9-20(10-11)14(21)6-3/h11H,4-10H2,1-3H3,(H2,17,18,19,22)/t11-/m1/s1. The molecule has 0 bridgehead atoms. The van der Waals surface area contributed by atoms with Crippen molar-refractivity contribution in [2.75, 3.05) is 18.4 Å². The maximum absolute atomic E-state index is 12.1. The average molecular weight is 338 g/mol. The Morgan fingerprint density at radius 1 is 1.35 bits per heavy atom. The molecule has 0 unspecified atom stereocenters. The van der Waals surface area contributed by atoms with Crippen molar-refractivity contribution in [3.8, 4) is 0 Å². The van der Waals surface area contributed by atoms with Gasteiger partial charge in [0.2, 0.25) is 5.91 Å². The maximum Gasteiger partial charge on any atom is 0.321 e. The predicted molar refractivity (Wildman–Crippen MR) is 92.9 cm³/mol. The monoisotopic (exact) mass is 338 g/mol. The summed E-state index contributed by atoms with van der Waals surface area (Å²) in [5.41, 5.74) is 1.09. The first-order chi connectivity index (χ1) is 11.1. The van der Waals surface area contributed by atoms with E-state index in [4.69, 9.17) is 0 Å². The minimum absolute atomic E-state index is 0.0196. The van der Waals surface area contributed by atoms with Crippen molar-refractivity contribution in [2.24, 2.45) is 0 Å². The van der Waals surface area contributed by atoms with Crippen molar-refractivity contribution in [1.82, 2.24) is 15.2 Å². The zero-order chi connectivity index (χ0) is 16.8. The first-order valence-electron chi connectivity index (χ1n) is 8.41. The molecule has 1 atom stereocenters. The van der Waals surface area contributed by atoms with Gasteiger partial charge in [0.15, 0.2) is 5.13 Å². The molecule has 2 heterocycles. The van der Waals surface area contributed by atoms with E-state index in [2.05, 4.69) is 29.5 Å². The van der Waals surface area contributed by atoms with Gasteiger partial charge in [0.25, 0.3) is 0 Å². The van der Waals surface area contributed by atoms with Gasteiger partial charge in [-0.1, -0.05) is 27.2 Å². The van der Waals surface area contributed by atoms with Crippen LogP contribution in [-0.2, 0) is 17.6 Å². The molecule has 0 aromatic carbocycles. The Bertz CT molecular complexity index is 558. The lowest BCUT2D eigenvalue weighted by Crippen LogP contribution is -2.40. The van der Waals surface area contributed by atoms with Gasteiger partial charge in [-0.15, -0.1) is 11.3 Å². The molecule has 1 saturated heterocycles. The number of nitrogens with zero attached hydrogens (tertiary/aromatic N) is 2. The third-order valence-electron chi connectivity index (χ3n) is 3.99. The topological polar surface area (TPSA) is 74.3 Å². The number of hydrogen-bond donors (Lipinski definition) is 2. The van der Waals surface area contributed by atoms with Gasteiger partial charge in [0.1, 0.15) is 0 Å². The molecule has 3 amide bonds. The van der Waals surface area contributed by atoms with E-state index in [0.29, 0.717) is 18.1 Å². The average Bonchev–Trinajstić information content (AvgIpc) is 3.13. The van der Waals surface area contributed by atoms with E-state index >= 15 is 0 Å². The van der Waals surface area contributed by atoms with Gasteiger partial charge in [-0.25, -0.2) is 9.78 Å². The number of rotatable bonds is 6. The highest BCUT2D eigenvalue weighted by Crippen LogP contribution is 2.24. The molecule has 6 nitrogen and oxygen atoms in total. The lowest BCUT2D eigenvalue weighted by Gasteiger charge is -2.16. The number of likely N-dealkylation sites (tertiary alicyclic amines) is 1. The zero-order valence-corrected chi connectivity index (χ0v) is 15.0. The minimum Gasteiger partial charge on any atom is -0.341 e. The first-order valence-corrected chi connectivity index (χ1v) is 9.22. The molecule has 7 heteroatoms. The molecular formula is C16H26N4O2S. The van der Waals surface area contributed by atoms with Crippen molar-refractivity contribution in [3.63, 3.8) is 0 Å². The predicted octanol–water partition coefficient (Wildman–Crippen LogP) is 2.79. The van der Waals surface area contributed by atoms with Gasteiger partial charge >= 0.3 is 6.03 Å². The maximum atomic E-state index is 12.1. The fourth-order valence-corrected chi connectivity index (χ4v) is 3.73. The van der Waals surface area contributed by atoms with Crippen LogP contribution in [0.3, 0.4) is 0 Å². The quantitative estimate of drug-likeness (QED) is 0.837. The molecule has 2 rings (SSSR count). The van der Waals surface area contributed by atoms with Crippen molar-refractivity contribution in [2.45, 2.75) is 58.9 Å². The van der Waals surface area contributed by atoms with Crippen molar-refractivity contribution in [1.29, 1.82) is 0 Å². The number of carbonyl (C=O) groups excluding carboxylic acids is 2. The van der Waals surface area contributed by atoms with Crippen LogP contribution in [0.5, 0.6) is 0 Å². The molecule has 1 fully saturated rings. The Morgan fingerprint density at radius 3 is 2.78 bits per heavy atom. The van der Waals surface area contributed by atoms with Gasteiger partial charge in [-0.05, 0) is 19.3 Å². The SMILES string of the molecule is CCCc1nc(NC(=O)N[C@@H]2CCN(C(=O)CC)C2)sc1CC. The summed E-state index contributed by atoms with van der Waals surface area (Å²) in [4.78, 5) is 31.4. The highest BCUT2D eigenvalue weighted by atomic mass is 32.1. The molecular weight excluding hydrogens is 312 g/mol. The van der Waals surface area contributed by atoms with E-state index in [9.17, 15) is 9.59 Å². The van der Waals surface area contributed by atoms with Gasteiger partial charge in [0.05, 0.1) is 5.69 Å². The third-order valence-corrected chi connectivity index (χ3v) is 5.14. The normalized spacial score (nSPS) is 17.3. The highest BCUT2D eigenvalue weighted by Gasteiger charge is 2.26. The molecule has 128 valence electrons. The van der Waals surface area contributed by atoms with E-state index < -0.39 is 0 Å². The lowest BCUT2D eigenvalue weighted by atomic mass is 10.2. The van der Waals surface area contributed by atoms with E-state index in [-0.39, 0.29) is 18.0 Å². The Hall–Kier alpha value is -1.63. The minimum atomic E-state index is -0.236. The lowest BCUT2D eigenvalue weighted by molar-refractivity contribution is -0.129. The Morgan fingerprint density at radius 2 is 2.13 bits per heavy atom. The number of aryl methyl sites for hydroxylation is 2. The summed E-state index contributed by atoms with van der Waals surface area (Å²) in [5, 5.41) is 6.43. The number of urea groups is 1. The summed E-state index contributed by atoms with van der Waals surface area (Å²) in [5.74, 6) is 0.145. The number of aromatic nitrogens is 1. The van der Waals surface area contributed by atoms with Crippen LogP contribution in [0.15, 0.2) is 0 Å². The number of anilines is 1.